The van der Waals surface area contributed by atoms with E-state index in [2.05, 4.69) is 43.0 Å². The molecule has 3 heteroatoms. The Hall–Kier alpha value is -0.670. The topological polar surface area (TPSA) is 24.9 Å². The van der Waals surface area contributed by atoms with Gasteiger partial charge in [0, 0.05) is 17.8 Å². The van der Waals surface area contributed by atoms with Crippen LogP contribution in [0, 0.1) is 6.92 Å². The summed E-state index contributed by atoms with van der Waals surface area (Å²) in [6.45, 7) is 11.3. The van der Waals surface area contributed by atoms with Gasteiger partial charge in [0.05, 0.1) is 10.7 Å². The quantitative estimate of drug-likeness (QED) is 0.737. The van der Waals surface area contributed by atoms with Gasteiger partial charge < -0.3 is 5.32 Å². The van der Waals surface area contributed by atoms with Gasteiger partial charge in [0.1, 0.15) is 0 Å². The van der Waals surface area contributed by atoms with E-state index in [1.54, 1.807) is 11.3 Å². The molecule has 1 unspecified atom stereocenters. The van der Waals surface area contributed by atoms with Gasteiger partial charge in [-0.3, -0.25) is 0 Å². The highest BCUT2D eigenvalue weighted by Crippen LogP contribution is 2.13. The predicted molar refractivity (Wildman–Crippen MR) is 72.1 cm³/mol. The second kappa shape index (κ2) is 6.81. The van der Waals surface area contributed by atoms with E-state index in [1.165, 1.54) is 11.3 Å². The maximum Gasteiger partial charge on any atom is 0.0897 e. The first-order valence-electron chi connectivity index (χ1n) is 5.90. The van der Waals surface area contributed by atoms with Crippen LogP contribution < -0.4 is 5.32 Å². The molecule has 1 N–H and O–H groups in total. The molecule has 16 heavy (non-hydrogen) atoms. The minimum Gasteiger partial charge on any atom is -0.314 e. The summed E-state index contributed by atoms with van der Waals surface area (Å²) in [5.41, 5.74) is 2.48. The van der Waals surface area contributed by atoms with Gasteiger partial charge in [-0.2, -0.15) is 0 Å². The number of aromatic nitrogens is 1. The van der Waals surface area contributed by atoms with Gasteiger partial charge >= 0.3 is 0 Å². The zero-order valence-corrected chi connectivity index (χ0v) is 11.4. The number of allylic oxidation sites excluding steroid dienone is 1. The number of nitrogens with one attached hydrogen (secondary N) is 1. The summed E-state index contributed by atoms with van der Waals surface area (Å²) in [5.74, 6) is 0. The van der Waals surface area contributed by atoms with Crippen molar-refractivity contribution in [1.29, 1.82) is 0 Å². The molecule has 1 aromatic heterocycles. The Balaban J connectivity index is 2.46. The van der Waals surface area contributed by atoms with Gasteiger partial charge in [-0.15, -0.1) is 17.9 Å². The van der Waals surface area contributed by atoms with E-state index in [9.17, 15) is 0 Å². The first-order chi connectivity index (χ1) is 7.61. The normalized spacial score (nSPS) is 12.7. The van der Waals surface area contributed by atoms with Crippen LogP contribution in [-0.2, 0) is 6.42 Å². The molecular formula is C13H22N2S. The van der Waals surface area contributed by atoms with Crippen LogP contribution in [0.4, 0.5) is 0 Å². The van der Waals surface area contributed by atoms with E-state index >= 15 is 0 Å². The van der Waals surface area contributed by atoms with Gasteiger partial charge in [-0.25, -0.2) is 4.98 Å². The Bertz CT molecular complexity index is 330. The average Bonchev–Trinajstić information content (AvgIpc) is 2.61. The molecule has 0 saturated carbocycles. The van der Waals surface area contributed by atoms with Crippen LogP contribution in [0.25, 0.3) is 0 Å². The van der Waals surface area contributed by atoms with Crippen molar-refractivity contribution in [3.05, 3.63) is 28.2 Å². The molecule has 1 aromatic rings. The summed E-state index contributed by atoms with van der Waals surface area (Å²) in [7, 11) is 0. The van der Waals surface area contributed by atoms with Crippen LogP contribution in [0.5, 0.6) is 0 Å². The zero-order valence-electron chi connectivity index (χ0n) is 10.5. The monoisotopic (exact) mass is 238 g/mol. The lowest BCUT2D eigenvalue weighted by Crippen LogP contribution is -2.31. The summed E-state index contributed by atoms with van der Waals surface area (Å²) >= 11 is 1.73. The maximum absolute atomic E-state index is 4.52. The molecule has 1 rings (SSSR count). The number of rotatable bonds is 7. The van der Waals surface area contributed by atoms with E-state index in [-0.39, 0.29) is 0 Å². The fourth-order valence-electron chi connectivity index (χ4n) is 1.74. The van der Waals surface area contributed by atoms with Gasteiger partial charge in [0.15, 0.2) is 0 Å². The van der Waals surface area contributed by atoms with Gasteiger partial charge in [0.2, 0.25) is 0 Å². The molecule has 0 bridgehead atoms. The second-order valence-corrected chi connectivity index (χ2v) is 5.37. The Morgan fingerprint density at radius 3 is 2.88 bits per heavy atom. The summed E-state index contributed by atoms with van der Waals surface area (Å²) in [6, 6.07) is 0.531. The molecular weight excluding hydrogens is 216 g/mol. The molecule has 0 aliphatic rings. The lowest BCUT2D eigenvalue weighted by atomic mass is 10.0. The minimum atomic E-state index is 0.531. The van der Waals surface area contributed by atoms with Gasteiger partial charge in [-0.05, 0) is 33.2 Å². The number of hydrogen-bond donors (Lipinski definition) is 1. The van der Waals surface area contributed by atoms with E-state index in [4.69, 9.17) is 0 Å². The lowest BCUT2D eigenvalue weighted by Gasteiger charge is -2.16. The Labute approximate surface area is 103 Å². The summed E-state index contributed by atoms with van der Waals surface area (Å²) < 4.78 is 0. The fourth-order valence-corrected chi connectivity index (χ4v) is 2.37. The third-order valence-electron chi connectivity index (χ3n) is 2.53. The van der Waals surface area contributed by atoms with Crippen molar-refractivity contribution in [2.45, 2.75) is 46.1 Å². The van der Waals surface area contributed by atoms with Crippen molar-refractivity contribution < 1.29 is 0 Å². The van der Waals surface area contributed by atoms with Crippen LogP contribution in [0.3, 0.4) is 0 Å². The number of aryl methyl sites for hydroxylation is 1. The lowest BCUT2D eigenvalue weighted by molar-refractivity contribution is 0.487. The number of hydrogen-bond acceptors (Lipinski definition) is 3. The Kier molecular flexibility index (Phi) is 5.71. The highest BCUT2D eigenvalue weighted by atomic mass is 32.1. The average molecular weight is 238 g/mol. The molecule has 0 amide bonds. The zero-order chi connectivity index (χ0) is 12.0. The van der Waals surface area contributed by atoms with Crippen LogP contribution in [-0.4, -0.2) is 17.6 Å². The van der Waals surface area contributed by atoms with Crippen molar-refractivity contribution in [3.63, 3.8) is 0 Å². The van der Waals surface area contributed by atoms with E-state index < -0.39 is 0 Å². The molecule has 0 aliphatic carbocycles. The van der Waals surface area contributed by atoms with Crippen LogP contribution >= 0.6 is 11.3 Å². The smallest absolute Gasteiger partial charge is 0.0897 e. The Morgan fingerprint density at radius 1 is 1.62 bits per heavy atom. The first kappa shape index (κ1) is 13.4. The third kappa shape index (κ3) is 4.90. The molecule has 0 aliphatic heterocycles. The largest absolute Gasteiger partial charge is 0.314 e. The van der Waals surface area contributed by atoms with Gasteiger partial charge in [-0.1, -0.05) is 12.5 Å². The molecule has 0 aromatic carbocycles. The van der Waals surface area contributed by atoms with Crippen molar-refractivity contribution in [2.24, 2.45) is 0 Å². The number of likely N-dealkylation sites (N-methyl/N-ethyl adjacent to an activating group) is 1. The van der Waals surface area contributed by atoms with Crippen LogP contribution in [0.1, 0.15) is 37.4 Å². The number of thiazole rings is 1. The van der Waals surface area contributed by atoms with E-state index in [0.717, 1.165) is 30.8 Å². The third-order valence-corrected chi connectivity index (χ3v) is 3.36. The van der Waals surface area contributed by atoms with E-state index in [1.807, 2.05) is 0 Å². The van der Waals surface area contributed by atoms with Crippen molar-refractivity contribution in [1.82, 2.24) is 10.3 Å². The van der Waals surface area contributed by atoms with Crippen molar-refractivity contribution >= 4 is 11.3 Å². The molecule has 0 spiro atoms. The summed E-state index contributed by atoms with van der Waals surface area (Å²) in [4.78, 5) is 4.52. The summed E-state index contributed by atoms with van der Waals surface area (Å²) in [5, 5.41) is 6.84. The molecule has 0 saturated heterocycles. The standard InChI is InChI=1S/C13H22N2S/c1-5-14-12(7-6-10(2)3)8-13-9-16-11(4)15-13/h9,12,14H,2,5-8H2,1,3-4H3. The van der Waals surface area contributed by atoms with E-state index in [0.29, 0.717) is 6.04 Å². The highest BCUT2D eigenvalue weighted by molar-refractivity contribution is 7.09. The van der Waals surface area contributed by atoms with Crippen molar-refractivity contribution in [3.8, 4) is 0 Å². The maximum atomic E-state index is 4.52. The highest BCUT2D eigenvalue weighted by Gasteiger charge is 2.10. The molecule has 0 fully saturated rings. The van der Waals surface area contributed by atoms with Crippen LogP contribution in [0.15, 0.2) is 17.5 Å². The summed E-state index contributed by atoms with van der Waals surface area (Å²) in [6.07, 6.45) is 3.28. The van der Waals surface area contributed by atoms with Crippen molar-refractivity contribution in [2.75, 3.05) is 6.54 Å². The Morgan fingerprint density at radius 2 is 2.38 bits per heavy atom. The SMILES string of the molecule is C=C(C)CCC(Cc1csc(C)n1)NCC. The fraction of sp³-hybridized carbons (Fsp3) is 0.615. The second-order valence-electron chi connectivity index (χ2n) is 4.31. The minimum absolute atomic E-state index is 0.531. The molecule has 90 valence electrons. The molecule has 1 heterocycles. The molecule has 2 nitrogen and oxygen atoms in total. The van der Waals surface area contributed by atoms with Crippen LogP contribution in [0.2, 0.25) is 0 Å². The molecule has 0 radical (unpaired) electrons. The predicted octanol–water partition coefficient (Wildman–Crippen LogP) is 3.33. The first-order valence-corrected chi connectivity index (χ1v) is 6.78. The number of nitrogens with zero attached hydrogens (tertiary/aromatic N) is 1. The van der Waals surface area contributed by atoms with Gasteiger partial charge in [0.25, 0.3) is 0 Å². The molecule has 1 atom stereocenters.